The van der Waals surface area contributed by atoms with Crippen molar-refractivity contribution < 1.29 is 14.3 Å². The Morgan fingerprint density at radius 1 is 1.11 bits per heavy atom. The fourth-order valence-corrected chi connectivity index (χ4v) is 5.23. The van der Waals surface area contributed by atoms with Crippen molar-refractivity contribution in [1.29, 1.82) is 0 Å². The summed E-state index contributed by atoms with van der Waals surface area (Å²) in [5, 5.41) is 10.4. The molecule has 0 spiro atoms. The number of amides is 1. The highest BCUT2D eigenvalue weighted by atomic mass is 79.9. The van der Waals surface area contributed by atoms with E-state index in [1.165, 1.54) is 5.56 Å². The van der Waals surface area contributed by atoms with Crippen molar-refractivity contribution in [3.05, 3.63) is 98.1 Å². The van der Waals surface area contributed by atoms with Gasteiger partial charge in [0.2, 0.25) is 0 Å². The third kappa shape index (κ3) is 6.49. The van der Waals surface area contributed by atoms with Crippen LogP contribution < -0.4 is 25.4 Å². The lowest BCUT2D eigenvalue weighted by atomic mass is 9.94. The number of carbonyl (C=O) groups is 1. The van der Waals surface area contributed by atoms with Crippen LogP contribution in [0, 0.1) is 0 Å². The number of hydrogen-bond acceptors (Lipinski definition) is 4. The predicted octanol–water partition coefficient (Wildman–Crippen LogP) is 7.07. The first kappa shape index (κ1) is 28.0. The first-order valence-corrected chi connectivity index (χ1v) is 13.9. The minimum atomic E-state index is -0.508. The normalized spacial score (nSPS) is 15.0. The van der Waals surface area contributed by atoms with Crippen LogP contribution in [0.3, 0.4) is 0 Å². The molecule has 0 saturated carbocycles. The maximum atomic E-state index is 13.5. The summed E-state index contributed by atoms with van der Waals surface area (Å²) in [6.45, 7) is 6.55. The molecule has 0 saturated heterocycles. The molecule has 0 radical (unpaired) electrons. The summed E-state index contributed by atoms with van der Waals surface area (Å²) in [7, 11) is 0. The van der Waals surface area contributed by atoms with E-state index < -0.39 is 6.04 Å². The Kier molecular flexibility index (Phi) is 9.31. The second kappa shape index (κ2) is 12.7. The summed E-state index contributed by atoms with van der Waals surface area (Å²) < 4.78 is 12.8. The van der Waals surface area contributed by atoms with E-state index in [0.717, 1.165) is 23.2 Å². The predicted molar refractivity (Wildman–Crippen MR) is 160 cm³/mol. The minimum Gasteiger partial charge on any atom is -0.490 e. The number of nitrogens with one attached hydrogen (secondary N) is 3. The van der Waals surface area contributed by atoms with Gasteiger partial charge in [-0.05, 0) is 89.9 Å². The average Bonchev–Trinajstić information content (AvgIpc) is 2.89. The maximum Gasteiger partial charge on any atom is 0.255 e. The standard InChI is InChI=1S/C29H29BrClN3O3S/c1-4-18-10-12-21(13-11-18)33-28(35)25-17(3)32-29(38)34-26(25)20-14-22(30)27(24(15-20)36-5-2)37-16-19-8-6-7-9-23(19)31/h6-15,26H,4-5,16H2,1-3H3,(H,33,35)(H2,32,34,38)/t26-/m0/s1. The first-order valence-electron chi connectivity index (χ1n) is 12.3. The lowest BCUT2D eigenvalue weighted by Gasteiger charge is -2.31. The molecule has 9 heteroatoms. The first-order chi connectivity index (χ1) is 18.3. The summed E-state index contributed by atoms with van der Waals surface area (Å²) in [6, 6.07) is 18.6. The van der Waals surface area contributed by atoms with Crippen LogP contribution in [0.25, 0.3) is 0 Å². The molecule has 0 aromatic heterocycles. The molecule has 1 aliphatic rings. The van der Waals surface area contributed by atoms with Gasteiger partial charge >= 0.3 is 0 Å². The van der Waals surface area contributed by atoms with Gasteiger partial charge in [-0.1, -0.05) is 48.9 Å². The van der Waals surface area contributed by atoms with Crippen molar-refractivity contribution in [2.45, 2.75) is 39.8 Å². The molecule has 0 bridgehead atoms. The number of allylic oxidation sites excluding steroid dienone is 1. The van der Waals surface area contributed by atoms with Crippen LogP contribution in [-0.4, -0.2) is 17.6 Å². The highest BCUT2D eigenvalue weighted by Crippen LogP contribution is 2.41. The van der Waals surface area contributed by atoms with Crippen molar-refractivity contribution in [2.75, 3.05) is 11.9 Å². The zero-order chi connectivity index (χ0) is 27.2. The van der Waals surface area contributed by atoms with Crippen molar-refractivity contribution in [3.63, 3.8) is 0 Å². The van der Waals surface area contributed by atoms with Gasteiger partial charge in [0, 0.05) is 22.0 Å². The van der Waals surface area contributed by atoms with Gasteiger partial charge in [0.25, 0.3) is 5.91 Å². The number of carbonyl (C=O) groups excluding carboxylic acids is 1. The Balaban J connectivity index is 1.65. The molecular formula is C29H29BrClN3O3S. The summed E-state index contributed by atoms with van der Waals surface area (Å²) >= 11 is 15.4. The minimum absolute atomic E-state index is 0.229. The molecule has 3 N–H and O–H groups in total. The van der Waals surface area contributed by atoms with Gasteiger partial charge in [-0.3, -0.25) is 4.79 Å². The Morgan fingerprint density at radius 3 is 2.53 bits per heavy atom. The molecular weight excluding hydrogens is 586 g/mol. The Bertz CT molecular complexity index is 1380. The van der Waals surface area contributed by atoms with Gasteiger partial charge in [-0.15, -0.1) is 0 Å². The van der Waals surface area contributed by atoms with Crippen LogP contribution in [0.5, 0.6) is 11.5 Å². The molecule has 0 fully saturated rings. The van der Waals surface area contributed by atoms with Crippen LogP contribution in [0.2, 0.25) is 5.02 Å². The Labute approximate surface area is 241 Å². The lowest BCUT2D eigenvalue weighted by Crippen LogP contribution is -2.45. The molecule has 1 heterocycles. The van der Waals surface area contributed by atoms with Crippen LogP contribution >= 0.6 is 39.7 Å². The average molecular weight is 615 g/mol. The van der Waals surface area contributed by atoms with Crippen molar-refractivity contribution in [3.8, 4) is 11.5 Å². The smallest absolute Gasteiger partial charge is 0.255 e. The molecule has 0 aliphatic carbocycles. The number of aryl methyl sites for hydroxylation is 1. The maximum absolute atomic E-state index is 13.5. The molecule has 1 atom stereocenters. The zero-order valence-electron chi connectivity index (χ0n) is 21.4. The van der Waals surface area contributed by atoms with Crippen LogP contribution in [0.15, 0.2) is 76.4 Å². The summed E-state index contributed by atoms with van der Waals surface area (Å²) in [6.07, 6.45) is 0.932. The highest BCUT2D eigenvalue weighted by molar-refractivity contribution is 9.10. The highest BCUT2D eigenvalue weighted by Gasteiger charge is 2.31. The molecule has 0 unspecified atom stereocenters. The third-order valence-corrected chi connectivity index (χ3v) is 7.31. The van der Waals surface area contributed by atoms with Crippen molar-refractivity contribution >= 4 is 56.5 Å². The third-order valence-electron chi connectivity index (χ3n) is 6.13. The summed E-state index contributed by atoms with van der Waals surface area (Å²) in [5.74, 6) is 0.866. The number of benzene rings is 3. The fourth-order valence-electron chi connectivity index (χ4n) is 4.19. The SMILES string of the molecule is CCOc1cc([C@@H]2NC(=S)NC(C)=C2C(=O)Nc2ccc(CC)cc2)cc(Br)c1OCc1ccccc1Cl. The number of thiocarbonyl (C=S) groups is 1. The van der Waals surface area contributed by atoms with Crippen molar-refractivity contribution in [2.24, 2.45) is 0 Å². The molecule has 1 aliphatic heterocycles. The number of ether oxygens (including phenoxy) is 2. The monoisotopic (exact) mass is 613 g/mol. The molecule has 6 nitrogen and oxygen atoms in total. The van der Waals surface area contributed by atoms with Gasteiger partial charge < -0.3 is 25.4 Å². The number of halogens is 2. The largest absolute Gasteiger partial charge is 0.490 e. The van der Waals surface area contributed by atoms with E-state index in [1.54, 1.807) is 0 Å². The van der Waals surface area contributed by atoms with E-state index in [2.05, 4.69) is 38.8 Å². The van der Waals surface area contributed by atoms with Gasteiger partial charge in [0.05, 0.1) is 22.7 Å². The molecule has 198 valence electrons. The molecule has 3 aromatic carbocycles. The van der Waals surface area contributed by atoms with Gasteiger partial charge in [0.1, 0.15) is 6.61 Å². The quantitative estimate of drug-likeness (QED) is 0.224. The second-order valence-electron chi connectivity index (χ2n) is 8.72. The van der Waals surface area contributed by atoms with Crippen molar-refractivity contribution in [1.82, 2.24) is 10.6 Å². The van der Waals surface area contributed by atoms with E-state index >= 15 is 0 Å². The molecule has 38 heavy (non-hydrogen) atoms. The lowest BCUT2D eigenvalue weighted by molar-refractivity contribution is -0.113. The second-order valence-corrected chi connectivity index (χ2v) is 10.4. The van der Waals surface area contributed by atoms with E-state index in [-0.39, 0.29) is 12.5 Å². The van der Waals surface area contributed by atoms with E-state index in [1.807, 2.05) is 74.5 Å². The van der Waals surface area contributed by atoms with Crippen LogP contribution in [0.4, 0.5) is 5.69 Å². The number of hydrogen-bond donors (Lipinski definition) is 3. The Hall–Kier alpha value is -3.07. The summed E-state index contributed by atoms with van der Waals surface area (Å²) in [4.78, 5) is 13.5. The van der Waals surface area contributed by atoms with Crippen LogP contribution in [0.1, 0.15) is 43.5 Å². The molecule has 4 rings (SSSR count). The summed E-state index contributed by atoms with van der Waals surface area (Å²) in [5.41, 5.74) is 4.78. The fraction of sp³-hybridized carbons (Fsp3) is 0.241. The Morgan fingerprint density at radius 2 is 1.84 bits per heavy atom. The zero-order valence-corrected chi connectivity index (χ0v) is 24.5. The van der Waals surface area contributed by atoms with E-state index in [9.17, 15) is 4.79 Å². The van der Waals surface area contributed by atoms with Crippen LogP contribution in [-0.2, 0) is 17.8 Å². The topological polar surface area (TPSA) is 71.6 Å². The number of rotatable bonds is 9. The number of anilines is 1. The van der Waals surface area contributed by atoms with Gasteiger partial charge in [0.15, 0.2) is 16.6 Å². The molecule has 1 amide bonds. The molecule has 3 aromatic rings. The van der Waals surface area contributed by atoms with E-state index in [0.29, 0.717) is 44.0 Å². The van der Waals surface area contributed by atoms with Gasteiger partial charge in [-0.2, -0.15) is 0 Å². The van der Waals surface area contributed by atoms with E-state index in [4.69, 9.17) is 33.3 Å². The van der Waals surface area contributed by atoms with Gasteiger partial charge in [-0.25, -0.2) is 0 Å².